The lowest BCUT2D eigenvalue weighted by Gasteiger charge is -2.19. The molecule has 1 aliphatic rings. The monoisotopic (exact) mass is 663 g/mol. The standard InChI is InChI=1S/C32H37N7O9/c1-20(2)24(40)18-48-19-37-28(43)16-36-32(47)23(12-21-6-4-3-5-7-21)38-29(44)17-35-27(42)15-34-26(41)13-22-8-9-25(33-14-22)39-30(45)10-11-31(39)46/h3-11,14,20,23H,12-13,15-19H2,1-2H3,(H,34,41)(H,35,42)(H,36,47)(H,37,43)(H,38,44)/t23-/m0/s1. The van der Waals surface area contributed by atoms with Gasteiger partial charge in [-0.25, -0.2) is 9.88 Å². The molecular weight excluding hydrogens is 626 g/mol. The first-order chi connectivity index (χ1) is 22.9. The van der Waals surface area contributed by atoms with Crippen LogP contribution in [0.15, 0.2) is 60.8 Å². The number of carbonyl (C=O) groups is 8. The maximum absolute atomic E-state index is 12.9. The summed E-state index contributed by atoms with van der Waals surface area (Å²) < 4.78 is 5.11. The molecule has 0 unspecified atom stereocenters. The van der Waals surface area contributed by atoms with Crippen LogP contribution in [-0.4, -0.2) is 91.1 Å². The van der Waals surface area contributed by atoms with Crippen molar-refractivity contribution in [1.29, 1.82) is 0 Å². The van der Waals surface area contributed by atoms with Gasteiger partial charge in [0.15, 0.2) is 5.78 Å². The molecule has 1 aromatic carbocycles. The van der Waals surface area contributed by atoms with Crippen LogP contribution in [0.5, 0.6) is 0 Å². The van der Waals surface area contributed by atoms with Crippen molar-refractivity contribution in [3.05, 3.63) is 71.9 Å². The first-order valence-electron chi connectivity index (χ1n) is 15.0. The number of imide groups is 1. The lowest BCUT2D eigenvalue weighted by atomic mass is 10.1. The Kier molecular flexibility index (Phi) is 14.1. The van der Waals surface area contributed by atoms with Crippen LogP contribution in [0.25, 0.3) is 0 Å². The first-order valence-corrected chi connectivity index (χ1v) is 15.0. The summed E-state index contributed by atoms with van der Waals surface area (Å²) in [6.07, 6.45) is 3.55. The van der Waals surface area contributed by atoms with E-state index in [2.05, 4.69) is 31.6 Å². The van der Waals surface area contributed by atoms with Crippen molar-refractivity contribution in [2.75, 3.05) is 37.9 Å². The second-order valence-electron chi connectivity index (χ2n) is 10.8. The maximum Gasteiger partial charge on any atom is 0.259 e. The average Bonchev–Trinajstić information content (AvgIpc) is 3.41. The predicted molar refractivity (Wildman–Crippen MR) is 169 cm³/mol. The Hall–Kier alpha value is -5.77. The number of nitrogens with zero attached hydrogens (tertiary/aromatic N) is 2. The van der Waals surface area contributed by atoms with Crippen LogP contribution in [0.4, 0.5) is 5.82 Å². The number of rotatable bonds is 18. The number of anilines is 1. The van der Waals surface area contributed by atoms with Crippen molar-refractivity contribution >= 4 is 53.0 Å². The largest absolute Gasteiger partial charge is 0.353 e. The highest BCUT2D eigenvalue weighted by molar-refractivity contribution is 6.27. The Balaban J connectivity index is 1.41. The number of nitrogens with one attached hydrogen (secondary N) is 5. The lowest BCUT2D eigenvalue weighted by Crippen LogP contribution is -2.52. The third kappa shape index (κ3) is 12.2. The zero-order chi connectivity index (χ0) is 35.1. The molecule has 16 heteroatoms. The number of carbonyl (C=O) groups excluding carboxylic acids is 8. The van der Waals surface area contributed by atoms with Gasteiger partial charge in [0.05, 0.1) is 26.1 Å². The molecule has 3 rings (SSSR count). The van der Waals surface area contributed by atoms with E-state index in [0.29, 0.717) is 5.56 Å². The molecular formula is C32H37N7O9. The van der Waals surface area contributed by atoms with E-state index in [1.807, 2.05) is 0 Å². The van der Waals surface area contributed by atoms with Gasteiger partial charge >= 0.3 is 0 Å². The fraction of sp³-hybridized carbons (Fsp3) is 0.344. The minimum absolute atomic E-state index is 0.0990. The lowest BCUT2D eigenvalue weighted by molar-refractivity contribution is -0.131. The second kappa shape index (κ2) is 18.4. The van der Waals surface area contributed by atoms with E-state index in [4.69, 9.17) is 4.74 Å². The Bertz CT molecular complexity index is 1520. The van der Waals surface area contributed by atoms with Gasteiger partial charge in [-0.3, -0.25) is 38.4 Å². The van der Waals surface area contributed by atoms with E-state index in [0.717, 1.165) is 22.6 Å². The summed E-state index contributed by atoms with van der Waals surface area (Å²) in [7, 11) is 0. The highest BCUT2D eigenvalue weighted by Gasteiger charge is 2.26. The van der Waals surface area contributed by atoms with Crippen LogP contribution in [0.2, 0.25) is 0 Å². The van der Waals surface area contributed by atoms with E-state index < -0.39 is 67.0 Å². The number of benzene rings is 1. The van der Waals surface area contributed by atoms with Gasteiger partial charge in [0.1, 0.15) is 25.2 Å². The molecule has 1 atom stereocenters. The number of Topliss-reactive ketones (excluding diaryl/α,β-unsaturated/α-hetero) is 1. The molecule has 0 bridgehead atoms. The van der Waals surface area contributed by atoms with E-state index in [-0.39, 0.29) is 43.7 Å². The minimum atomic E-state index is -1.08. The van der Waals surface area contributed by atoms with Crippen LogP contribution in [0.1, 0.15) is 25.0 Å². The Morgan fingerprint density at radius 1 is 0.750 bits per heavy atom. The van der Waals surface area contributed by atoms with Crippen LogP contribution >= 0.6 is 0 Å². The maximum atomic E-state index is 12.9. The molecule has 0 saturated carbocycles. The first kappa shape index (κ1) is 36.7. The summed E-state index contributed by atoms with van der Waals surface area (Å²) in [6, 6.07) is 10.7. The molecule has 5 N–H and O–H groups in total. The molecule has 0 radical (unpaired) electrons. The van der Waals surface area contributed by atoms with E-state index in [1.54, 1.807) is 44.2 Å². The normalized spacial score (nSPS) is 12.8. The quantitative estimate of drug-likeness (QED) is 0.0701. The number of pyridine rings is 1. The van der Waals surface area contributed by atoms with Crippen LogP contribution < -0.4 is 31.5 Å². The third-order valence-electron chi connectivity index (χ3n) is 6.72. The van der Waals surface area contributed by atoms with Crippen molar-refractivity contribution in [3.8, 4) is 0 Å². The van der Waals surface area contributed by atoms with Gasteiger partial charge in [0.25, 0.3) is 11.8 Å². The summed E-state index contributed by atoms with van der Waals surface area (Å²) in [5.74, 6) is -4.32. The predicted octanol–water partition coefficient (Wildman–Crippen LogP) is -1.55. The van der Waals surface area contributed by atoms with Crippen molar-refractivity contribution in [2.24, 2.45) is 5.92 Å². The molecule has 254 valence electrons. The van der Waals surface area contributed by atoms with Gasteiger partial charge < -0.3 is 31.3 Å². The number of ether oxygens (including phenoxy) is 1. The van der Waals surface area contributed by atoms with Gasteiger partial charge in [-0.1, -0.05) is 50.2 Å². The van der Waals surface area contributed by atoms with Crippen molar-refractivity contribution < 1.29 is 43.1 Å². The zero-order valence-electron chi connectivity index (χ0n) is 26.4. The number of ketones is 1. The van der Waals surface area contributed by atoms with Crippen LogP contribution in [-0.2, 0) is 55.9 Å². The summed E-state index contributed by atoms with van der Waals surface area (Å²) in [6.45, 7) is 1.75. The highest BCUT2D eigenvalue weighted by atomic mass is 16.5. The van der Waals surface area contributed by atoms with Gasteiger partial charge in [-0.15, -0.1) is 0 Å². The minimum Gasteiger partial charge on any atom is -0.353 e. The molecule has 0 aliphatic carbocycles. The van der Waals surface area contributed by atoms with Crippen molar-refractivity contribution in [3.63, 3.8) is 0 Å². The molecule has 0 fully saturated rings. The number of aromatic nitrogens is 1. The van der Waals surface area contributed by atoms with E-state index in [1.165, 1.54) is 18.3 Å². The van der Waals surface area contributed by atoms with Gasteiger partial charge in [-0.2, -0.15) is 0 Å². The molecule has 0 saturated heterocycles. The number of hydrogen-bond acceptors (Lipinski definition) is 10. The van der Waals surface area contributed by atoms with Crippen molar-refractivity contribution in [1.82, 2.24) is 31.6 Å². The van der Waals surface area contributed by atoms with Crippen molar-refractivity contribution in [2.45, 2.75) is 32.7 Å². The molecule has 2 aromatic rings. The van der Waals surface area contributed by atoms with Gasteiger partial charge in [-0.05, 0) is 17.2 Å². The highest BCUT2D eigenvalue weighted by Crippen LogP contribution is 2.16. The summed E-state index contributed by atoms with van der Waals surface area (Å²) in [5.41, 5.74) is 1.20. The van der Waals surface area contributed by atoms with Crippen LogP contribution in [0.3, 0.4) is 0 Å². The Labute approximate surface area is 276 Å². The van der Waals surface area contributed by atoms with Gasteiger partial charge in [0.2, 0.25) is 29.5 Å². The molecule has 1 aromatic heterocycles. The van der Waals surface area contributed by atoms with E-state index >= 15 is 0 Å². The second-order valence-corrected chi connectivity index (χ2v) is 10.8. The van der Waals surface area contributed by atoms with Crippen LogP contribution in [0, 0.1) is 5.92 Å². The number of amides is 7. The fourth-order valence-corrected chi connectivity index (χ4v) is 4.06. The molecule has 16 nitrogen and oxygen atoms in total. The molecule has 2 heterocycles. The smallest absolute Gasteiger partial charge is 0.259 e. The molecule has 0 spiro atoms. The number of hydrogen-bond donors (Lipinski definition) is 5. The summed E-state index contributed by atoms with van der Waals surface area (Å²) in [5, 5.41) is 12.2. The molecule has 48 heavy (non-hydrogen) atoms. The van der Waals surface area contributed by atoms with E-state index in [9.17, 15) is 38.4 Å². The fourth-order valence-electron chi connectivity index (χ4n) is 4.06. The third-order valence-corrected chi connectivity index (χ3v) is 6.72. The molecule has 7 amide bonds. The zero-order valence-corrected chi connectivity index (χ0v) is 26.4. The Morgan fingerprint density at radius 2 is 1.38 bits per heavy atom. The molecule has 1 aliphatic heterocycles. The van der Waals surface area contributed by atoms with Gasteiger partial charge in [0, 0.05) is 30.7 Å². The average molecular weight is 664 g/mol. The SMILES string of the molecule is CC(C)C(=O)COCNC(=O)CNC(=O)[C@H](Cc1ccccc1)NC(=O)CNC(=O)CNC(=O)Cc1ccc(N2C(=O)C=CC2=O)nc1. The summed E-state index contributed by atoms with van der Waals surface area (Å²) >= 11 is 0. The summed E-state index contributed by atoms with van der Waals surface area (Å²) in [4.78, 5) is 102. The topological polar surface area (TPSA) is 222 Å². The Morgan fingerprint density at radius 3 is 2.02 bits per heavy atom.